The minimum Gasteiger partial charge on any atom is -0.330 e. The van der Waals surface area contributed by atoms with Crippen molar-refractivity contribution in [3.8, 4) is 0 Å². The summed E-state index contributed by atoms with van der Waals surface area (Å²) in [4.78, 5) is 35.6. The molecule has 0 spiro atoms. The van der Waals surface area contributed by atoms with Gasteiger partial charge in [-0.05, 0) is 19.4 Å². The zero-order chi connectivity index (χ0) is 15.0. The van der Waals surface area contributed by atoms with E-state index in [1.54, 1.807) is 0 Å². The predicted molar refractivity (Wildman–Crippen MR) is 76.1 cm³/mol. The zero-order valence-corrected chi connectivity index (χ0v) is 11.9. The number of Topliss-reactive ketones (excluding diaryl/α,β-unsaturated/α-hetero) is 2. The van der Waals surface area contributed by atoms with E-state index in [9.17, 15) is 14.4 Å². The molecule has 0 aromatic heterocycles. The van der Waals surface area contributed by atoms with Gasteiger partial charge in [0.2, 0.25) is 5.91 Å². The first-order chi connectivity index (χ1) is 9.49. The Kier molecular flexibility index (Phi) is 6.59. The summed E-state index contributed by atoms with van der Waals surface area (Å²) in [6, 6.07) is 9.49. The SMILES string of the molecule is CC(=O)CNCC(=O)N(CC(C)=O)Cc1ccccc1. The summed E-state index contributed by atoms with van der Waals surface area (Å²) in [6.45, 7) is 3.59. The minimum absolute atomic E-state index is 0.0287. The molecule has 0 saturated carbocycles. The Balaban J connectivity index is 2.61. The standard InChI is InChI=1S/C15H20N2O3/c1-12(18)8-16-9-15(20)17(10-13(2)19)11-14-6-4-3-5-7-14/h3-7,16H,8-11H2,1-2H3. The van der Waals surface area contributed by atoms with E-state index < -0.39 is 0 Å². The number of hydrogen-bond acceptors (Lipinski definition) is 4. The molecule has 0 aliphatic rings. The first-order valence-electron chi connectivity index (χ1n) is 6.50. The van der Waals surface area contributed by atoms with Gasteiger partial charge < -0.3 is 10.2 Å². The van der Waals surface area contributed by atoms with Crippen LogP contribution in [0.4, 0.5) is 0 Å². The van der Waals surface area contributed by atoms with Gasteiger partial charge in [-0.1, -0.05) is 30.3 Å². The van der Waals surface area contributed by atoms with Crippen molar-refractivity contribution in [1.29, 1.82) is 0 Å². The van der Waals surface area contributed by atoms with Crippen LogP contribution in [0.2, 0.25) is 0 Å². The summed E-state index contributed by atoms with van der Waals surface area (Å²) in [7, 11) is 0. The molecule has 0 aliphatic carbocycles. The maximum atomic E-state index is 12.1. The molecule has 1 N–H and O–H groups in total. The van der Waals surface area contributed by atoms with Gasteiger partial charge in [-0.15, -0.1) is 0 Å². The molecule has 108 valence electrons. The van der Waals surface area contributed by atoms with Gasteiger partial charge in [0.25, 0.3) is 0 Å². The third kappa shape index (κ3) is 6.24. The Morgan fingerprint density at radius 1 is 1.00 bits per heavy atom. The molecule has 1 rings (SSSR count). The van der Waals surface area contributed by atoms with E-state index in [1.807, 2.05) is 30.3 Å². The monoisotopic (exact) mass is 276 g/mol. The van der Waals surface area contributed by atoms with Gasteiger partial charge in [-0.3, -0.25) is 14.4 Å². The van der Waals surface area contributed by atoms with Crippen LogP contribution >= 0.6 is 0 Å². The molecule has 0 unspecified atom stereocenters. The molecule has 0 saturated heterocycles. The van der Waals surface area contributed by atoms with Crippen LogP contribution < -0.4 is 5.32 Å². The summed E-state index contributed by atoms with van der Waals surface area (Å²) in [5.41, 5.74) is 0.966. The van der Waals surface area contributed by atoms with Crippen molar-refractivity contribution in [1.82, 2.24) is 10.2 Å². The average molecular weight is 276 g/mol. The summed E-state index contributed by atoms with van der Waals surface area (Å²) in [6.07, 6.45) is 0. The van der Waals surface area contributed by atoms with E-state index in [-0.39, 0.29) is 37.1 Å². The molecule has 20 heavy (non-hydrogen) atoms. The topological polar surface area (TPSA) is 66.5 Å². The number of nitrogens with one attached hydrogen (secondary N) is 1. The number of ketones is 2. The lowest BCUT2D eigenvalue weighted by molar-refractivity contribution is -0.134. The highest BCUT2D eigenvalue weighted by atomic mass is 16.2. The van der Waals surface area contributed by atoms with E-state index in [2.05, 4.69) is 5.32 Å². The fraction of sp³-hybridized carbons (Fsp3) is 0.400. The first kappa shape index (κ1) is 16.0. The molecule has 0 atom stereocenters. The summed E-state index contributed by atoms with van der Waals surface area (Å²) in [5, 5.41) is 2.77. The third-order valence-electron chi connectivity index (χ3n) is 2.63. The summed E-state index contributed by atoms with van der Waals surface area (Å²) >= 11 is 0. The van der Waals surface area contributed by atoms with E-state index in [0.29, 0.717) is 6.54 Å². The Morgan fingerprint density at radius 3 is 2.20 bits per heavy atom. The fourth-order valence-electron chi connectivity index (χ4n) is 1.76. The molecule has 1 aromatic carbocycles. The Bertz CT molecular complexity index is 471. The molecule has 0 aliphatic heterocycles. The van der Waals surface area contributed by atoms with E-state index in [1.165, 1.54) is 18.7 Å². The van der Waals surface area contributed by atoms with Gasteiger partial charge in [0.15, 0.2) is 0 Å². The summed E-state index contributed by atoms with van der Waals surface area (Å²) in [5.74, 6) is -0.287. The quantitative estimate of drug-likeness (QED) is 0.762. The number of benzene rings is 1. The second-order valence-corrected chi connectivity index (χ2v) is 4.74. The Hall–Kier alpha value is -2.01. The van der Waals surface area contributed by atoms with Crippen molar-refractivity contribution in [3.05, 3.63) is 35.9 Å². The molecule has 0 heterocycles. The molecular formula is C15H20N2O3. The lowest BCUT2D eigenvalue weighted by Crippen LogP contribution is -2.41. The van der Waals surface area contributed by atoms with Gasteiger partial charge in [0.1, 0.15) is 11.6 Å². The Morgan fingerprint density at radius 2 is 1.65 bits per heavy atom. The van der Waals surface area contributed by atoms with Crippen LogP contribution in [0.25, 0.3) is 0 Å². The van der Waals surface area contributed by atoms with Gasteiger partial charge in [0.05, 0.1) is 19.6 Å². The fourth-order valence-corrected chi connectivity index (χ4v) is 1.76. The number of carbonyl (C=O) groups is 3. The molecular weight excluding hydrogens is 256 g/mol. The van der Waals surface area contributed by atoms with Crippen molar-refractivity contribution < 1.29 is 14.4 Å². The van der Waals surface area contributed by atoms with Gasteiger partial charge in [0, 0.05) is 6.54 Å². The maximum absolute atomic E-state index is 12.1. The van der Waals surface area contributed by atoms with Crippen LogP contribution in [0.3, 0.4) is 0 Å². The molecule has 0 fully saturated rings. The van der Waals surface area contributed by atoms with Crippen LogP contribution in [0.15, 0.2) is 30.3 Å². The third-order valence-corrected chi connectivity index (χ3v) is 2.63. The first-order valence-corrected chi connectivity index (χ1v) is 6.50. The van der Waals surface area contributed by atoms with E-state index in [4.69, 9.17) is 0 Å². The molecule has 0 bridgehead atoms. The van der Waals surface area contributed by atoms with Crippen molar-refractivity contribution in [2.24, 2.45) is 0 Å². The highest BCUT2D eigenvalue weighted by molar-refractivity contribution is 5.86. The lowest BCUT2D eigenvalue weighted by atomic mass is 10.2. The number of rotatable bonds is 8. The minimum atomic E-state index is -0.190. The normalized spacial score (nSPS) is 10.1. The van der Waals surface area contributed by atoms with Gasteiger partial charge >= 0.3 is 0 Å². The molecule has 5 heteroatoms. The number of nitrogens with zero attached hydrogens (tertiary/aromatic N) is 1. The number of carbonyl (C=O) groups excluding carboxylic acids is 3. The maximum Gasteiger partial charge on any atom is 0.237 e. The van der Waals surface area contributed by atoms with Crippen LogP contribution in [0.1, 0.15) is 19.4 Å². The van der Waals surface area contributed by atoms with Crippen LogP contribution in [0, 0.1) is 0 Å². The predicted octanol–water partition coefficient (Wildman–Crippen LogP) is 0.783. The second kappa shape index (κ2) is 8.22. The molecule has 1 amide bonds. The Labute approximate surface area is 119 Å². The smallest absolute Gasteiger partial charge is 0.237 e. The van der Waals surface area contributed by atoms with Crippen molar-refractivity contribution in [2.75, 3.05) is 19.6 Å². The molecule has 5 nitrogen and oxygen atoms in total. The second-order valence-electron chi connectivity index (χ2n) is 4.74. The number of hydrogen-bond donors (Lipinski definition) is 1. The highest BCUT2D eigenvalue weighted by Crippen LogP contribution is 2.04. The molecule has 1 aromatic rings. The van der Waals surface area contributed by atoms with Crippen LogP contribution in [-0.2, 0) is 20.9 Å². The van der Waals surface area contributed by atoms with Crippen molar-refractivity contribution in [2.45, 2.75) is 20.4 Å². The van der Waals surface area contributed by atoms with E-state index >= 15 is 0 Å². The van der Waals surface area contributed by atoms with Gasteiger partial charge in [-0.25, -0.2) is 0 Å². The van der Waals surface area contributed by atoms with Crippen molar-refractivity contribution >= 4 is 17.5 Å². The number of amides is 1. The average Bonchev–Trinajstić information content (AvgIpc) is 2.38. The van der Waals surface area contributed by atoms with Crippen LogP contribution in [-0.4, -0.2) is 42.0 Å². The van der Waals surface area contributed by atoms with Crippen LogP contribution in [0.5, 0.6) is 0 Å². The van der Waals surface area contributed by atoms with Crippen molar-refractivity contribution in [3.63, 3.8) is 0 Å². The largest absolute Gasteiger partial charge is 0.330 e. The highest BCUT2D eigenvalue weighted by Gasteiger charge is 2.15. The summed E-state index contributed by atoms with van der Waals surface area (Å²) < 4.78 is 0. The van der Waals surface area contributed by atoms with E-state index in [0.717, 1.165) is 5.56 Å². The van der Waals surface area contributed by atoms with Gasteiger partial charge in [-0.2, -0.15) is 0 Å². The lowest BCUT2D eigenvalue weighted by Gasteiger charge is -2.21. The zero-order valence-electron chi connectivity index (χ0n) is 11.9. The molecule has 0 radical (unpaired) electrons.